The Balaban J connectivity index is 1.63. The number of imidazole rings is 2. The molecule has 7 N–H and O–H groups in total. The van der Waals surface area contributed by atoms with E-state index in [9.17, 15) is 29.6 Å². The number of anilines is 1. The van der Waals surface area contributed by atoms with Crippen LogP contribution in [-0.2, 0) is 20.9 Å². The Bertz CT molecular complexity index is 1180. The second-order valence-electron chi connectivity index (χ2n) is 6.64. The second-order valence-corrected chi connectivity index (χ2v) is 8.27. The lowest BCUT2D eigenvalue weighted by Gasteiger charge is -2.27. The van der Waals surface area contributed by atoms with Crippen LogP contribution in [-0.4, -0.2) is 64.4 Å². The van der Waals surface area contributed by atoms with Crippen LogP contribution in [0, 0.1) is 0 Å². The molecule has 16 heteroatoms. The molecule has 0 saturated carbocycles. The van der Waals surface area contributed by atoms with Crippen LogP contribution in [0.1, 0.15) is 6.23 Å². The van der Waals surface area contributed by atoms with Crippen LogP contribution in [0.25, 0.3) is 11.2 Å². The van der Waals surface area contributed by atoms with Gasteiger partial charge in [0.25, 0.3) is 11.5 Å². The van der Waals surface area contributed by atoms with Gasteiger partial charge >= 0.3 is 5.65 Å². The first-order chi connectivity index (χ1) is 14.1. The fourth-order valence-corrected chi connectivity index (χ4v) is 4.21. The summed E-state index contributed by atoms with van der Waals surface area (Å²) >= 11 is 0. The predicted molar refractivity (Wildman–Crippen MR) is 94.8 cm³/mol. The van der Waals surface area contributed by atoms with Crippen molar-refractivity contribution in [1.82, 2.24) is 24.5 Å². The fraction of sp³-hybridized carbons (Fsp3) is 0.429. The number of hydrogen-bond acceptors (Lipinski definition) is 11. The molecular formula is C14H18N7O8P. The quantitative estimate of drug-likeness (QED) is 0.125. The van der Waals surface area contributed by atoms with E-state index in [2.05, 4.69) is 24.5 Å². The molecule has 1 saturated heterocycles. The minimum absolute atomic E-state index is 0.0381. The highest BCUT2D eigenvalue weighted by atomic mass is 31.2. The van der Waals surface area contributed by atoms with Crippen molar-refractivity contribution < 1.29 is 38.6 Å². The molecule has 3 aromatic heterocycles. The summed E-state index contributed by atoms with van der Waals surface area (Å²) in [5.41, 5.74) is 4.65. The molecule has 30 heavy (non-hydrogen) atoms. The first-order valence-corrected chi connectivity index (χ1v) is 10.1. The first kappa shape index (κ1) is 20.6. The third-order valence-electron chi connectivity index (χ3n) is 4.61. The molecule has 0 spiro atoms. The summed E-state index contributed by atoms with van der Waals surface area (Å²) in [5, 5.41) is 31.0. The summed E-state index contributed by atoms with van der Waals surface area (Å²) in [6, 6.07) is 0. The Morgan fingerprint density at radius 3 is 2.87 bits per heavy atom. The average Bonchev–Trinajstić information content (AvgIpc) is 3.36. The number of H-pyrrole nitrogens is 2. The number of aromatic nitrogens is 6. The van der Waals surface area contributed by atoms with Gasteiger partial charge in [-0.1, -0.05) is 4.98 Å². The largest absolute Gasteiger partial charge is 0.773 e. The lowest BCUT2D eigenvalue weighted by atomic mass is 10.1. The summed E-state index contributed by atoms with van der Waals surface area (Å²) in [6.07, 6.45) is -4.72. The number of ether oxygens (including phenoxy) is 1. The van der Waals surface area contributed by atoms with Crippen molar-refractivity contribution in [3.05, 3.63) is 29.1 Å². The van der Waals surface area contributed by atoms with Crippen LogP contribution in [0.4, 0.5) is 5.95 Å². The highest BCUT2D eigenvalue weighted by Gasteiger charge is 2.50. The van der Waals surface area contributed by atoms with Gasteiger partial charge in [0, 0.05) is 12.4 Å². The van der Waals surface area contributed by atoms with Gasteiger partial charge < -0.3 is 40.2 Å². The van der Waals surface area contributed by atoms with Crippen molar-refractivity contribution in [3.63, 3.8) is 0 Å². The molecule has 0 aliphatic carbocycles. The topological polar surface area (TPSA) is 229 Å². The average molecular weight is 443 g/mol. The third kappa shape index (κ3) is 3.31. The molecule has 15 nitrogen and oxygen atoms in total. The summed E-state index contributed by atoms with van der Waals surface area (Å²) in [6.45, 7) is 0. The van der Waals surface area contributed by atoms with E-state index in [1.165, 1.54) is 34.9 Å². The molecule has 3 aromatic rings. The van der Waals surface area contributed by atoms with Gasteiger partial charge in [0.05, 0.1) is 7.05 Å². The molecule has 1 aliphatic rings. The summed E-state index contributed by atoms with van der Waals surface area (Å²) < 4.78 is 24.9. The number of rotatable bonds is 5. The number of aliphatic hydroxyl groups is 3. The van der Waals surface area contributed by atoms with E-state index in [0.717, 1.165) is 0 Å². The minimum atomic E-state index is -4.82. The number of nitrogens with zero attached hydrogens (tertiary/aromatic N) is 4. The molecule has 4 heterocycles. The van der Waals surface area contributed by atoms with Crippen LogP contribution in [0.15, 0.2) is 23.5 Å². The Morgan fingerprint density at radius 2 is 2.20 bits per heavy atom. The van der Waals surface area contributed by atoms with Gasteiger partial charge in [-0.2, -0.15) is 0 Å². The van der Waals surface area contributed by atoms with E-state index in [4.69, 9.17) is 10.5 Å². The van der Waals surface area contributed by atoms with E-state index < -0.39 is 49.6 Å². The molecule has 0 aromatic carbocycles. The zero-order valence-electron chi connectivity index (χ0n) is 15.3. The van der Waals surface area contributed by atoms with E-state index >= 15 is 0 Å². The smallest absolute Gasteiger partial charge is 0.313 e. The van der Waals surface area contributed by atoms with Gasteiger partial charge in [-0.05, 0) is 0 Å². The van der Waals surface area contributed by atoms with Crippen molar-refractivity contribution in [2.24, 2.45) is 7.05 Å². The predicted octanol–water partition coefficient (Wildman–Crippen LogP) is -4.31. The zero-order chi connectivity index (χ0) is 21.8. The number of aliphatic hydroxyl groups excluding tert-OH is 3. The summed E-state index contributed by atoms with van der Waals surface area (Å²) in [5.74, 6) is -0.189. The molecule has 6 atom stereocenters. The van der Waals surface area contributed by atoms with Gasteiger partial charge in [-0.15, -0.1) is 0 Å². The number of nitrogen functional groups attached to an aromatic ring is 1. The Morgan fingerprint density at radius 1 is 1.47 bits per heavy atom. The second kappa shape index (κ2) is 7.24. The van der Waals surface area contributed by atoms with Gasteiger partial charge in [0.2, 0.25) is 19.3 Å². The molecule has 0 amide bonds. The normalized spacial score (nSPS) is 27.4. The highest BCUT2D eigenvalue weighted by molar-refractivity contribution is 7.59. The number of hydrogen-bond donors (Lipinski definition) is 6. The van der Waals surface area contributed by atoms with E-state index in [1.807, 2.05) is 0 Å². The monoisotopic (exact) mass is 443 g/mol. The molecular weight excluding hydrogens is 425 g/mol. The van der Waals surface area contributed by atoms with Gasteiger partial charge in [0.15, 0.2) is 18.2 Å². The Kier molecular flexibility index (Phi) is 4.98. The van der Waals surface area contributed by atoms with Crippen molar-refractivity contribution in [2.75, 3.05) is 5.73 Å². The number of aryl methyl sites for hydroxylation is 1. The lowest BCUT2D eigenvalue weighted by molar-refractivity contribution is -0.746. The van der Waals surface area contributed by atoms with Crippen molar-refractivity contribution in [3.8, 4) is 0 Å². The number of aromatic amines is 2. The van der Waals surface area contributed by atoms with Crippen LogP contribution >= 0.6 is 7.60 Å². The fourth-order valence-electron chi connectivity index (χ4n) is 3.27. The summed E-state index contributed by atoms with van der Waals surface area (Å²) in [7, 11) is -3.28. The van der Waals surface area contributed by atoms with E-state index in [-0.39, 0.29) is 17.1 Å². The van der Waals surface area contributed by atoms with Crippen LogP contribution < -0.4 is 26.3 Å². The van der Waals surface area contributed by atoms with Gasteiger partial charge in [-0.3, -0.25) is 18.9 Å². The molecule has 0 radical (unpaired) electrons. The van der Waals surface area contributed by atoms with Gasteiger partial charge in [0.1, 0.15) is 18.3 Å². The maximum Gasteiger partial charge on any atom is 0.313 e. The molecule has 1 aliphatic heterocycles. The Hall–Kier alpha value is -2.65. The molecule has 0 bridgehead atoms. The van der Waals surface area contributed by atoms with E-state index in [1.54, 1.807) is 0 Å². The standard InChI is InChI=1S/C14H18N7O8P/c1-20-4-21(9-5(20)10(24)19-13(15)18-9)11-7(23)6(22)8(28-11)12(25)29-30(26,27)14-16-2-3-17-14/h2-4,6-8,11-12,22-23,25H,1H3,(H4-,15,16,17,18,19,24,26,27)/t6-,7+,8-,11+,12?/m0/s1. The Labute approximate surface area is 166 Å². The first-order valence-electron chi connectivity index (χ1n) is 8.55. The summed E-state index contributed by atoms with van der Waals surface area (Å²) in [4.78, 5) is 36.5. The maximum absolute atomic E-state index is 12.1. The lowest BCUT2D eigenvalue weighted by Crippen LogP contribution is -2.46. The SMILES string of the molecule is Cn1c[n+]([C@@H]2O[C@H](C(O)OP(=O)([O-])c3ncc[nH]3)[C@@H](O)[C@H]2O)c2nc(N)[nH]c(=O)c21. The van der Waals surface area contributed by atoms with Crippen molar-refractivity contribution in [1.29, 1.82) is 0 Å². The van der Waals surface area contributed by atoms with Crippen LogP contribution in [0.2, 0.25) is 0 Å². The van der Waals surface area contributed by atoms with Crippen LogP contribution in [0.3, 0.4) is 0 Å². The maximum atomic E-state index is 12.1. The van der Waals surface area contributed by atoms with Crippen molar-refractivity contribution >= 4 is 30.3 Å². The van der Waals surface area contributed by atoms with Gasteiger partial charge in [-0.25, -0.2) is 9.55 Å². The number of nitrogens with two attached hydrogens (primary N) is 1. The molecule has 1 fully saturated rings. The number of nitrogens with one attached hydrogen (secondary N) is 2. The van der Waals surface area contributed by atoms with E-state index in [0.29, 0.717) is 0 Å². The van der Waals surface area contributed by atoms with Crippen molar-refractivity contribution in [2.45, 2.75) is 30.8 Å². The molecule has 4 rings (SSSR count). The number of fused-ring (bicyclic) bond motifs is 1. The third-order valence-corrected chi connectivity index (χ3v) is 5.87. The zero-order valence-corrected chi connectivity index (χ0v) is 16.2. The highest BCUT2D eigenvalue weighted by Crippen LogP contribution is 2.39. The minimum Gasteiger partial charge on any atom is -0.773 e. The van der Waals surface area contributed by atoms with Crippen LogP contribution in [0.5, 0.6) is 0 Å². The molecule has 2 unspecified atom stereocenters. The molecule has 162 valence electrons.